The number of ether oxygens (including phenoxy) is 2. The number of benzene rings is 2. The zero-order chi connectivity index (χ0) is 21.0. The van der Waals surface area contributed by atoms with Gasteiger partial charge in [-0.2, -0.15) is 0 Å². The van der Waals surface area contributed by atoms with E-state index in [2.05, 4.69) is 5.16 Å². The van der Waals surface area contributed by atoms with Crippen molar-refractivity contribution >= 4 is 11.7 Å². The van der Waals surface area contributed by atoms with Crippen LogP contribution >= 0.6 is 0 Å². The molecule has 0 radical (unpaired) electrons. The van der Waals surface area contributed by atoms with Gasteiger partial charge in [-0.05, 0) is 44.5 Å². The topological polar surface area (TPSA) is 105 Å². The van der Waals surface area contributed by atoms with Gasteiger partial charge in [0.1, 0.15) is 24.2 Å². The SMILES string of the molecule is Cc1noc(C)c1COc1cccc(C(=O)O[C@H](C)c2cccc([N+](=O)[O-])c2)c1. The Morgan fingerprint density at radius 3 is 2.66 bits per heavy atom. The number of rotatable bonds is 7. The molecule has 8 nitrogen and oxygen atoms in total. The molecule has 0 aliphatic rings. The van der Waals surface area contributed by atoms with Gasteiger partial charge in [0.2, 0.25) is 0 Å². The Labute approximate surface area is 167 Å². The number of aryl methyl sites for hydroxylation is 2. The summed E-state index contributed by atoms with van der Waals surface area (Å²) in [5.74, 6) is 0.637. The molecule has 1 aromatic heterocycles. The largest absolute Gasteiger partial charge is 0.489 e. The number of nitrogens with zero attached hydrogens (tertiary/aromatic N) is 2. The summed E-state index contributed by atoms with van der Waals surface area (Å²) < 4.78 is 16.3. The quantitative estimate of drug-likeness (QED) is 0.324. The maximum atomic E-state index is 12.5. The fourth-order valence-electron chi connectivity index (χ4n) is 2.76. The molecule has 0 amide bonds. The number of hydrogen-bond acceptors (Lipinski definition) is 7. The van der Waals surface area contributed by atoms with Crippen molar-refractivity contribution in [2.75, 3.05) is 0 Å². The molecule has 0 spiro atoms. The maximum absolute atomic E-state index is 12.5. The summed E-state index contributed by atoms with van der Waals surface area (Å²) in [6.45, 7) is 5.57. The first-order valence-corrected chi connectivity index (χ1v) is 8.95. The molecule has 0 fully saturated rings. The molecule has 3 aromatic rings. The summed E-state index contributed by atoms with van der Waals surface area (Å²) in [5, 5.41) is 14.8. The standard InChI is InChI=1S/C21H20N2O6/c1-13-20(15(3)29-22-13)12-27-19-9-5-7-17(11-19)21(24)28-14(2)16-6-4-8-18(10-16)23(25)26/h4-11,14H,12H2,1-3H3/t14-/m1/s1. The van der Waals surface area contributed by atoms with E-state index in [0.29, 0.717) is 22.6 Å². The van der Waals surface area contributed by atoms with Gasteiger partial charge >= 0.3 is 5.97 Å². The van der Waals surface area contributed by atoms with Crippen molar-refractivity contribution in [1.29, 1.82) is 0 Å². The Hall–Kier alpha value is -3.68. The van der Waals surface area contributed by atoms with Crippen molar-refractivity contribution in [3.8, 4) is 5.75 Å². The third kappa shape index (κ3) is 4.78. The zero-order valence-corrected chi connectivity index (χ0v) is 16.2. The van der Waals surface area contributed by atoms with E-state index in [4.69, 9.17) is 14.0 Å². The molecule has 0 aliphatic heterocycles. The number of non-ortho nitro benzene ring substituents is 1. The van der Waals surface area contributed by atoms with Crippen LogP contribution in [0.2, 0.25) is 0 Å². The highest BCUT2D eigenvalue weighted by atomic mass is 16.6. The van der Waals surface area contributed by atoms with Gasteiger partial charge in [0.25, 0.3) is 5.69 Å². The number of hydrogen-bond donors (Lipinski definition) is 0. The van der Waals surface area contributed by atoms with Gasteiger partial charge in [0, 0.05) is 12.1 Å². The lowest BCUT2D eigenvalue weighted by Crippen LogP contribution is -2.10. The summed E-state index contributed by atoms with van der Waals surface area (Å²) in [5.41, 5.74) is 2.41. The van der Waals surface area contributed by atoms with Crippen LogP contribution in [0.5, 0.6) is 5.75 Å². The van der Waals surface area contributed by atoms with Crippen LogP contribution in [0, 0.1) is 24.0 Å². The fourth-order valence-corrected chi connectivity index (χ4v) is 2.76. The van der Waals surface area contributed by atoms with Gasteiger partial charge in [-0.1, -0.05) is 23.4 Å². The predicted molar refractivity (Wildman–Crippen MR) is 104 cm³/mol. The summed E-state index contributed by atoms with van der Waals surface area (Å²) in [6, 6.07) is 12.6. The van der Waals surface area contributed by atoms with Crippen molar-refractivity contribution in [3.05, 3.63) is 86.8 Å². The lowest BCUT2D eigenvalue weighted by molar-refractivity contribution is -0.385. The number of nitro groups is 1. The molecule has 0 unspecified atom stereocenters. The normalized spacial score (nSPS) is 11.7. The highest BCUT2D eigenvalue weighted by Gasteiger charge is 2.17. The third-order valence-electron chi connectivity index (χ3n) is 4.47. The van der Waals surface area contributed by atoms with Crippen LogP contribution in [0.3, 0.4) is 0 Å². The number of carbonyl (C=O) groups excluding carboxylic acids is 1. The molecule has 8 heteroatoms. The summed E-state index contributed by atoms with van der Waals surface area (Å²) in [7, 11) is 0. The van der Waals surface area contributed by atoms with Crippen molar-refractivity contribution in [2.45, 2.75) is 33.5 Å². The molecule has 1 atom stereocenters. The first-order valence-electron chi connectivity index (χ1n) is 8.95. The van der Waals surface area contributed by atoms with Gasteiger partial charge in [0.05, 0.1) is 21.7 Å². The third-order valence-corrected chi connectivity index (χ3v) is 4.47. The van der Waals surface area contributed by atoms with E-state index in [1.54, 1.807) is 43.3 Å². The first-order chi connectivity index (χ1) is 13.8. The van der Waals surface area contributed by atoms with Gasteiger partial charge in [-0.25, -0.2) is 4.79 Å². The molecule has 0 saturated heterocycles. The first kappa shape index (κ1) is 20.1. The smallest absolute Gasteiger partial charge is 0.338 e. The average molecular weight is 396 g/mol. The minimum Gasteiger partial charge on any atom is -0.489 e. The molecule has 0 N–H and O–H groups in total. The zero-order valence-electron chi connectivity index (χ0n) is 16.2. The van der Waals surface area contributed by atoms with Crippen LogP contribution < -0.4 is 4.74 Å². The predicted octanol–water partition coefficient (Wildman–Crippen LogP) is 4.70. The van der Waals surface area contributed by atoms with Crippen LogP contribution in [0.25, 0.3) is 0 Å². The van der Waals surface area contributed by atoms with E-state index in [1.165, 1.54) is 12.1 Å². The van der Waals surface area contributed by atoms with Gasteiger partial charge in [-0.3, -0.25) is 10.1 Å². The van der Waals surface area contributed by atoms with Gasteiger partial charge in [0.15, 0.2) is 0 Å². The second-order valence-electron chi connectivity index (χ2n) is 6.52. The van der Waals surface area contributed by atoms with Gasteiger partial charge in [-0.15, -0.1) is 0 Å². The number of nitro benzene ring substituents is 1. The molecule has 3 rings (SSSR count). The lowest BCUT2D eigenvalue weighted by atomic mass is 10.1. The molecular weight excluding hydrogens is 376 g/mol. The van der Waals surface area contributed by atoms with Crippen molar-refractivity contribution < 1.29 is 23.7 Å². The van der Waals surface area contributed by atoms with Crippen LogP contribution in [0.4, 0.5) is 5.69 Å². The second-order valence-corrected chi connectivity index (χ2v) is 6.52. The van der Waals surface area contributed by atoms with Crippen LogP contribution in [0.15, 0.2) is 53.1 Å². The van der Waals surface area contributed by atoms with E-state index in [1.807, 2.05) is 13.8 Å². The van der Waals surface area contributed by atoms with Crippen LogP contribution in [-0.4, -0.2) is 16.0 Å². The molecule has 29 heavy (non-hydrogen) atoms. The molecule has 1 heterocycles. The van der Waals surface area contributed by atoms with Crippen LogP contribution in [-0.2, 0) is 11.3 Å². The van der Waals surface area contributed by atoms with E-state index in [0.717, 1.165) is 11.3 Å². The van der Waals surface area contributed by atoms with Crippen molar-refractivity contribution in [2.24, 2.45) is 0 Å². The molecule has 0 bridgehead atoms. The maximum Gasteiger partial charge on any atom is 0.338 e. The molecule has 0 aliphatic carbocycles. The molecule has 2 aromatic carbocycles. The fraction of sp³-hybridized carbons (Fsp3) is 0.238. The summed E-state index contributed by atoms with van der Waals surface area (Å²) >= 11 is 0. The number of aromatic nitrogens is 1. The minimum absolute atomic E-state index is 0.0554. The highest BCUT2D eigenvalue weighted by Crippen LogP contribution is 2.24. The second kappa shape index (κ2) is 8.55. The van der Waals surface area contributed by atoms with Crippen molar-refractivity contribution in [1.82, 2.24) is 5.16 Å². The van der Waals surface area contributed by atoms with Crippen LogP contribution in [0.1, 0.15) is 46.0 Å². The Morgan fingerprint density at radius 2 is 1.97 bits per heavy atom. The van der Waals surface area contributed by atoms with Crippen molar-refractivity contribution in [3.63, 3.8) is 0 Å². The minimum atomic E-state index is -0.644. The molecular formula is C21H20N2O6. The average Bonchev–Trinajstić information content (AvgIpc) is 3.04. The Balaban J connectivity index is 1.67. The number of carbonyl (C=O) groups is 1. The van der Waals surface area contributed by atoms with Gasteiger partial charge < -0.3 is 14.0 Å². The Morgan fingerprint density at radius 1 is 1.21 bits per heavy atom. The Kier molecular flexibility index (Phi) is 5.92. The Bertz CT molecular complexity index is 1020. The van der Waals surface area contributed by atoms with E-state index in [9.17, 15) is 14.9 Å². The highest BCUT2D eigenvalue weighted by molar-refractivity contribution is 5.90. The number of esters is 1. The molecule has 0 saturated carbocycles. The van der Waals surface area contributed by atoms with E-state index in [-0.39, 0.29) is 12.3 Å². The van der Waals surface area contributed by atoms with E-state index < -0.39 is 17.0 Å². The monoisotopic (exact) mass is 396 g/mol. The summed E-state index contributed by atoms with van der Waals surface area (Å²) in [4.78, 5) is 22.9. The lowest BCUT2D eigenvalue weighted by Gasteiger charge is -2.14. The molecule has 150 valence electrons. The van der Waals surface area contributed by atoms with E-state index >= 15 is 0 Å². The summed E-state index contributed by atoms with van der Waals surface area (Å²) in [6.07, 6.45) is -0.644.